The Morgan fingerprint density at radius 3 is 2.50 bits per heavy atom. The summed E-state index contributed by atoms with van der Waals surface area (Å²) in [6.07, 6.45) is -1.20. The first-order chi connectivity index (χ1) is 14.0. The monoisotopic (exact) mass is 442 g/mol. The van der Waals surface area contributed by atoms with Crippen LogP contribution in [0.4, 0.5) is 4.79 Å². The van der Waals surface area contributed by atoms with E-state index in [2.05, 4.69) is 0 Å². The second-order valence-corrected chi connectivity index (χ2v) is 8.22. The number of ether oxygens (including phenoxy) is 1. The quantitative estimate of drug-likeness (QED) is 0.245. The number of amides is 3. The van der Waals surface area contributed by atoms with E-state index in [0.29, 0.717) is 0 Å². The van der Waals surface area contributed by atoms with Crippen molar-refractivity contribution in [3.05, 3.63) is 29.8 Å². The molecule has 1 aliphatic rings. The molecule has 0 saturated carbocycles. The predicted molar refractivity (Wildman–Crippen MR) is 99.7 cm³/mol. The molecule has 4 N–H and O–H groups in total. The lowest BCUT2D eigenvalue weighted by atomic mass is 9.92. The topological polar surface area (TPSA) is 185 Å². The van der Waals surface area contributed by atoms with Gasteiger partial charge in [0.25, 0.3) is 5.91 Å². The van der Waals surface area contributed by atoms with Gasteiger partial charge in [-0.3, -0.25) is 19.2 Å². The minimum absolute atomic E-state index is 0.0745. The van der Waals surface area contributed by atoms with Crippen molar-refractivity contribution in [3.8, 4) is 5.75 Å². The zero-order valence-electron chi connectivity index (χ0n) is 16.0. The SMILES string of the molecule is C[C@@H]1CC(=O)N1[C@@H](C(=O)O)[C@](C)(COC(=O)NNC(=O)c1ccccc1O)S(=O)[O-]. The molecule has 30 heavy (non-hydrogen) atoms. The standard InChI is InChI=1S/C17H21N3O9S/c1-9-7-12(22)20(9)13(15(24)25)17(2,30(27)28)8-29-16(26)19-18-14(23)10-5-3-4-6-11(10)21/h3-6,9,13,21H,7-8H2,1-2H3,(H,18,23)(H,19,26)(H,24,25)(H,27,28)/p-1/t9-,13+,17+/m1/s1. The van der Waals surface area contributed by atoms with Crippen LogP contribution in [0, 0.1) is 0 Å². The number of carbonyl (C=O) groups excluding carboxylic acids is 3. The van der Waals surface area contributed by atoms with E-state index in [4.69, 9.17) is 4.74 Å². The molecule has 1 aromatic rings. The van der Waals surface area contributed by atoms with Gasteiger partial charge >= 0.3 is 12.1 Å². The van der Waals surface area contributed by atoms with Gasteiger partial charge in [0.1, 0.15) is 18.4 Å². The Bertz CT molecular complexity index is 893. The van der Waals surface area contributed by atoms with Gasteiger partial charge < -0.3 is 24.4 Å². The number of likely N-dealkylation sites (tertiary alicyclic amines) is 1. The van der Waals surface area contributed by atoms with Crippen molar-refractivity contribution in [1.29, 1.82) is 0 Å². The van der Waals surface area contributed by atoms with Crippen LogP contribution in [0.3, 0.4) is 0 Å². The van der Waals surface area contributed by atoms with Crippen molar-refractivity contribution in [1.82, 2.24) is 15.8 Å². The number of nitrogens with one attached hydrogen (secondary N) is 2. The van der Waals surface area contributed by atoms with Gasteiger partial charge in [-0.1, -0.05) is 12.1 Å². The number of β-lactam (4-membered cyclic amide) rings is 1. The number of carbonyl (C=O) groups is 4. The van der Waals surface area contributed by atoms with Gasteiger partial charge in [-0.15, -0.1) is 0 Å². The number of para-hydroxylation sites is 1. The largest absolute Gasteiger partial charge is 0.772 e. The van der Waals surface area contributed by atoms with Crippen molar-refractivity contribution >= 4 is 35.0 Å². The zero-order chi connectivity index (χ0) is 22.6. The Balaban J connectivity index is 2.04. The summed E-state index contributed by atoms with van der Waals surface area (Å²) >= 11 is -3.05. The number of aromatic hydroxyl groups is 1. The maximum absolute atomic E-state index is 11.9. The lowest BCUT2D eigenvalue weighted by molar-refractivity contribution is -0.163. The molecular weight excluding hydrogens is 422 g/mol. The van der Waals surface area contributed by atoms with Crippen molar-refractivity contribution in [2.45, 2.75) is 37.1 Å². The van der Waals surface area contributed by atoms with Crippen LogP contribution in [0.1, 0.15) is 30.6 Å². The minimum Gasteiger partial charge on any atom is -0.772 e. The zero-order valence-corrected chi connectivity index (χ0v) is 16.8. The number of hydrazine groups is 1. The van der Waals surface area contributed by atoms with E-state index in [0.717, 1.165) is 11.8 Å². The van der Waals surface area contributed by atoms with E-state index in [1.54, 1.807) is 6.92 Å². The first kappa shape index (κ1) is 23.1. The average molecular weight is 442 g/mol. The van der Waals surface area contributed by atoms with Gasteiger partial charge in [-0.2, -0.15) is 0 Å². The van der Waals surface area contributed by atoms with E-state index in [1.807, 2.05) is 10.9 Å². The predicted octanol–water partition coefficient (Wildman–Crippen LogP) is -0.525. The van der Waals surface area contributed by atoms with Crippen LogP contribution in [0.5, 0.6) is 5.75 Å². The third-order valence-corrected chi connectivity index (χ3v) is 5.72. The highest BCUT2D eigenvalue weighted by Gasteiger charge is 2.52. The second kappa shape index (κ2) is 9.09. The molecule has 1 heterocycles. The molecule has 1 saturated heterocycles. The molecule has 1 aromatic carbocycles. The van der Waals surface area contributed by atoms with Crippen molar-refractivity contribution in [3.63, 3.8) is 0 Å². The highest BCUT2D eigenvalue weighted by molar-refractivity contribution is 7.80. The van der Waals surface area contributed by atoms with Gasteiger partial charge in [0.2, 0.25) is 5.91 Å². The summed E-state index contributed by atoms with van der Waals surface area (Å²) in [5.74, 6) is -3.31. The first-order valence-electron chi connectivity index (χ1n) is 8.63. The number of carboxylic acids is 1. The molecular formula is C17H20N3O9S-. The molecule has 1 fully saturated rings. The highest BCUT2D eigenvalue weighted by atomic mass is 32.2. The molecule has 13 heteroatoms. The van der Waals surface area contributed by atoms with E-state index in [-0.39, 0.29) is 17.7 Å². The first-order valence-corrected chi connectivity index (χ1v) is 9.71. The van der Waals surface area contributed by atoms with Gasteiger partial charge in [-0.05, 0) is 37.1 Å². The molecule has 1 unspecified atom stereocenters. The van der Waals surface area contributed by atoms with Crippen LogP contribution in [-0.2, 0) is 25.4 Å². The molecule has 164 valence electrons. The van der Waals surface area contributed by atoms with E-state index in [9.17, 15) is 38.2 Å². The van der Waals surface area contributed by atoms with Gasteiger partial charge in [0.15, 0.2) is 0 Å². The van der Waals surface area contributed by atoms with Gasteiger partial charge in [-0.25, -0.2) is 15.0 Å². The Hall–Kier alpha value is -3.19. The summed E-state index contributed by atoms with van der Waals surface area (Å²) in [6, 6.07) is 3.24. The summed E-state index contributed by atoms with van der Waals surface area (Å²) in [6.45, 7) is 1.68. The summed E-state index contributed by atoms with van der Waals surface area (Å²) < 4.78 is 26.3. The number of benzene rings is 1. The smallest absolute Gasteiger partial charge is 0.426 e. The van der Waals surface area contributed by atoms with Gasteiger partial charge in [0.05, 0.1) is 10.3 Å². The number of aliphatic carboxylic acids is 1. The number of carboxylic acid groups (broad SMARTS) is 1. The molecule has 2 rings (SSSR count). The number of hydrogen-bond acceptors (Lipinski definition) is 8. The number of nitrogens with zero attached hydrogens (tertiary/aromatic N) is 1. The molecule has 0 aliphatic carbocycles. The molecule has 0 aromatic heterocycles. The summed E-state index contributed by atoms with van der Waals surface area (Å²) in [7, 11) is 0. The molecule has 0 bridgehead atoms. The van der Waals surface area contributed by atoms with E-state index >= 15 is 0 Å². The second-order valence-electron chi connectivity index (χ2n) is 6.81. The molecule has 0 spiro atoms. The Morgan fingerprint density at radius 1 is 1.37 bits per heavy atom. The maximum atomic E-state index is 11.9. The van der Waals surface area contributed by atoms with Crippen LogP contribution >= 0.6 is 0 Å². The third kappa shape index (κ3) is 4.68. The fraction of sp³-hybridized carbons (Fsp3) is 0.412. The number of rotatable bonds is 7. The maximum Gasteiger partial charge on any atom is 0.426 e. The van der Waals surface area contributed by atoms with Crippen LogP contribution in [-0.4, -0.2) is 71.2 Å². The third-order valence-electron chi connectivity index (χ3n) is 4.62. The molecule has 1 aliphatic heterocycles. The summed E-state index contributed by atoms with van der Waals surface area (Å²) in [5, 5.41) is 19.1. The molecule has 0 radical (unpaired) electrons. The van der Waals surface area contributed by atoms with E-state index < -0.39 is 58.4 Å². The van der Waals surface area contributed by atoms with Crippen LogP contribution in [0.2, 0.25) is 0 Å². The van der Waals surface area contributed by atoms with Crippen molar-refractivity contribution in [2.24, 2.45) is 0 Å². The minimum atomic E-state index is -3.05. The summed E-state index contributed by atoms with van der Waals surface area (Å²) in [5.41, 5.74) is 3.68. The molecule has 4 atom stereocenters. The van der Waals surface area contributed by atoms with Gasteiger partial charge in [0, 0.05) is 12.5 Å². The molecule has 12 nitrogen and oxygen atoms in total. The van der Waals surface area contributed by atoms with E-state index in [1.165, 1.54) is 24.3 Å². The Labute approximate surface area is 173 Å². The molecule has 3 amide bonds. The Kier molecular flexibility index (Phi) is 7.00. The summed E-state index contributed by atoms with van der Waals surface area (Å²) in [4.78, 5) is 48.2. The van der Waals surface area contributed by atoms with Crippen molar-refractivity contribution < 1.29 is 42.9 Å². The number of hydrogen-bond donors (Lipinski definition) is 4. The highest BCUT2D eigenvalue weighted by Crippen LogP contribution is 2.31. The van der Waals surface area contributed by atoms with Crippen LogP contribution in [0.15, 0.2) is 24.3 Å². The Morgan fingerprint density at radius 2 is 2.00 bits per heavy atom. The van der Waals surface area contributed by atoms with Crippen LogP contribution < -0.4 is 10.9 Å². The lowest BCUT2D eigenvalue weighted by Crippen LogP contribution is -2.68. The fourth-order valence-electron chi connectivity index (χ4n) is 2.97. The fourth-order valence-corrected chi connectivity index (χ4v) is 3.52. The number of phenolic OH excluding ortho intramolecular Hbond substituents is 1. The average Bonchev–Trinajstić information content (AvgIpc) is 2.68. The number of phenols is 1. The van der Waals surface area contributed by atoms with Crippen LogP contribution in [0.25, 0.3) is 0 Å². The lowest BCUT2D eigenvalue weighted by Gasteiger charge is -2.49. The van der Waals surface area contributed by atoms with Crippen molar-refractivity contribution in [2.75, 3.05) is 6.61 Å². The normalized spacial score (nSPS) is 19.6.